The van der Waals surface area contributed by atoms with E-state index < -0.39 is 11.6 Å². The minimum absolute atomic E-state index is 0.0413. The number of aliphatic imine (C=N–C) groups is 1. The molecule has 0 heterocycles. The Morgan fingerprint density at radius 1 is 1.07 bits per heavy atom. The number of hydrogen-bond donors (Lipinski definition) is 2. The molecule has 0 fully saturated rings. The van der Waals surface area contributed by atoms with Crippen LogP contribution in [0.1, 0.15) is 11.1 Å². The Balaban J connectivity index is 2.01. The summed E-state index contributed by atoms with van der Waals surface area (Å²) >= 11 is 0. The van der Waals surface area contributed by atoms with E-state index in [4.69, 9.17) is 0 Å². The molecule has 0 radical (unpaired) electrons. The average molecular weight is 374 g/mol. The average Bonchev–Trinajstić information content (AvgIpc) is 2.66. The summed E-state index contributed by atoms with van der Waals surface area (Å²) in [5.74, 6) is -0.793. The largest absolute Gasteiger partial charge is 0.356 e. The first-order valence-electron chi connectivity index (χ1n) is 8.66. The number of rotatable bonds is 7. The van der Waals surface area contributed by atoms with Gasteiger partial charge in [0.15, 0.2) is 5.96 Å². The Morgan fingerprint density at radius 3 is 2.52 bits per heavy atom. The molecule has 0 aliphatic carbocycles. The number of carbonyl (C=O) groups excluding carboxylic acids is 1. The number of carbonyl (C=O) groups is 1. The predicted molar refractivity (Wildman–Crippen MR) is 102 cm³/mol. The van der Waals surface area contributed by atoms with Crippen LogP contribution in [0.5, 0.6) is 0 Å². The van der Waals surface area contributed by atoms with Crippen LogP contribution in [-0.2, 0) is 17.8 Å². The topological polar surface area (TPSA) is 56.7 Å². The molecule has 0 spiro atoms. The Bertz CT molecular complexity index is 779. The highest BCUT2D eigenvalue weighted by Crippen LogP contribution is 2.10. The van der Waals surface area contributed by atoms with Crippen LogP contribution in [0.2, 0.25) is 0 Å². The number of likely N-dealkylation sites (N-methyl/N-ethyl adjacent to an activating group) is 1. The summed E-state index contributed by atoms with van der Waals surface area (Å²) in [5.41, 5.74) is 1.31. The molecule has 0 unspecified atom stereocenters. The SMILES string of the molecule is CN(C)C(=O)CNC(=NCc1cc(F)ccc1F)NCCc1ccccc1. The Kier molecular flexibility index (Phi) is 7.73. The van der Waals surface area contributed by atoms with Gasteiger partial charge in [-0.05, 0) is 30.2 Å². The number of guanidine groups is 1. The van der Waals surface area contributed by atoms with Gasteiger partial charge in [-0.15, -0.1) is 0 Å². The second kappa shape index (κ2) is 10.3. The number of amides is 1. The van der Waals surface area contributed by atoms with Gasteiger partial charge in [-0.1, -0.05) is 30.3 Å². The normalized spacial score (nSPS) is 11.2. The number of hydrogen-bond acceptors (Lipinski definition) is 2. The van der Waals surface area contributed by atoms with Crippen LogP contribution < -0.4 is 10.6 Å². The maximum absolute atomic E-state index is 13.8. The van der Waals surface area contributed by atoms with E-state index >= 15 is 0 Å². The van der Waals surface area contributed by atoms with Crippen molar-refractivity contribution in [3.8, 4) is 0 Å². The van der Waals surface area contributed by atoms with E-state index in [1.807, 2.05) is 30.3 Å². The molecule has 2 rings (SSSR count). The van der Waals surface area contributed by atoms with Gasteiger partial charge in [0.2, 0.25) is 5.91 Å². The van der Waals surface area contributed by atoms with E-state index in [9.17, 15) is 13.6 Å². The third-order valence-electron chi connectivity index (χ3n) is 3.87. The molecule has 0 saturated carbocycles. The van der Waals surface area contributed by atoms with Crippen molar-refractivity contribution in [3.63, 3.8) is 0 Å². The maximum atomic E-state index is 13.8. The molecule has 5 nitrogen and oxygen atoms in total. The quantitative estimate of drug-likeness (QED) is 0.578. The van der Waals surface area contributed by atoms with Gasteiger partial charge in [0.05, 0.1) is 13.1 Å². The number of halogens is 2. The van der Waals surface area contributed by atoms with E-state index in [1.165, 1.54) is 4.90 Å². The van der Waals surface area contributed by atoms with Crippen molar-refractivity contribution in [2.24, 2.45) is 4.99 Å². The third-order valence-corrected chi connectivity index (χ3v) is 3.87. The van der Waals surface area contributed by atoms with E-state index in [1.54, 1.807) is 14.1 Å². The summed E-state index contributed by atoms with van der Waals surface area (Å²) in [6, 6.07) is 13.2. The molecule has 0 aromatic heterocycles. The van der Waals surface area contributed by atoms with Crippen LogP contribution >= 0.6 is 0 Å². The van der Waals surface area contributed by atoms with Gasteiger partial charge in [0.1, 0.15) is 11.6 Å². The van der Waals surface area contributed by atoms with Gasteiger partial charge >= 0.3 is 0 Å². The van der Waals surface area contributed by atoms with Crippen LogP contribution in [0.15, 0.2) is 53.5 Å². The minimum Gasteiger partial charge on any atom is -0.356 e. The fraction of sp³-hybridized carbons (Fsp3) is 0.300. The molecule has 2 N–H and O–H groups in total. The van der Waals surface area contributed by atoms with Gasteiger partial charge in [-0.25, -0.2) is 13.8 Å². The first-order chi connectivity index (χ1) is 13.0. The fourth-order valence-corrected chi connectivity index (χ4v) is 2.29. The lowest BCUT2D eigenvalue weighted by molar-refractivity contribution is -0.127. The lowest BCUT2D eigenvalue weighted by atomic mass is 10.1. The van der Waals surface area contributed by atoms with Gasteiger partial charge in [-0.3, -0.25) is 4.79 Å². The monoisotopic (exact) mass is 374 g/mol. The van der Waals surface area contributed by atoms with Crippen molar-refractivity contribution >= 4 is 11.9 Å². The first kappa shape index (κ1) is 20.4. The van der Waals surface area contributed by atoms with Crippen molar-refractivity contribution in [2.45, 2.75) is 13.0 Å². The molecule has 7 heteroatoms. The molecule has 1 amide bonds. The Morgan fingerprint density at radius 2 is 1.81 bits per heavy atom. The Labute approximate surface area is 158 Å². The van der Waals surface area contributed by atoms with Crippen LogP contribution in [-0.4, -0.2) is 44.0 Å². The number of nitrogens with one attached hydrogen (secondary N) is 2. The molecule has 144 valence electrons. The zero-order chi connectivity index (χ0) is 19.6. The lowest BCUT2D eigenvalue weighted by Crippen LogP contribution is -2.43. The van der Waals surface area contributed by atoms with E-state index in [0.29, 0.717) is 12.5 Å². The highest BCUT2D eigenvalue weighted by Gasteiger charge is 2.07. The molecule has 2 aromatic carbocycles. The fourth-order valence-electron chi connectivity index (χ4n) is 2.29. The smallest absolute Gasteiger partial charge is 0.241 e. The third kappa shape index (κ3) is 7.05. The summed E-state index contributed by atoms with van der Waals surface area (Å²) in [6.45, 7) is 0.591. The highest BCUT2D eigenvalue weighted by molar-refractivity contribution is 5.86. The summed E-state index contributed by atoms with van der Waals surface area (Å²) in [4.78, 5) is 17.5. The van der Waals surface area contributed by atoms with E-state index in [2.05, 4.69) is 15.6 Å². The van der Waals surface area contributed by atoms with Gasteiger partial charge in [-0.2, -0.15) is 0 Å². The van der Waals surface area contributed by atoms with Crippen LogP contribution in [0.25, 0.3) is 0 Å². The van der Waals surface area contributed by atoms with Gasteiger partial charge < -0.3 is 15.5 Å². The molecule has 0 aliphatic rings. The molecular weight excluding hydrogens is 350 g/mol. The van der Waals surface area contributed by atoms with Crippen molar-refractivity contribution in [1.29, 1.82) is 0 Å². The van der Waals surface area contributed by atoms with E-state index in [-0.39, 0.29) is 24.6 Å². The summed E-state index contributed by atoms with van der Waals surface area (Å²) in [6.07, 6.45) is 0.761. The second-order valence-electron chi connectivity index (χ2n) is 6.20. The van der Waals surface area contributed by atoms with Crippen molar-refractivity contribution < 1.29 is 13.6 Å². The summed E-state index contributed by atoms with van der Waals surface area (Å²) in [7, 11) is 3.32. The zero-order valence-corrected chi connectivity index (χ0v) is 15.5. The van der Waals surface area contributed by atoms with Gasteiger partial charge in [0, 0.05) is 26.2 Å². The molecule has 27 heavy (non-hydrogen) atoms. The van der Waals surface area contributed by atoms with Crippen LogP contribution in [0.3, 0.4) is 0 Å². The first-order valence-corrected chi connectivity index (χ1v) is 8.66. The van der Waals surface area contributed by atoms with E-state index in [0.717, 1.165) is 30.2 Å². The predicted octanol–water partition coefficient (Wildman–Crippen LogP) is 2.33. The lowest BCUT2D eigenvalue weighted by Gasteiger charge is -2.15. The molecule has 0 aliphatic heterocycles. The van der Waals surface area contributed by atoms with Crippen LogP contribution in [0.4, 0.5) is 8.78 Å². The number of benzene rings is 2. The van der Waals surface area contributed by atoms with Crippen LogP contribution in [0, 0.1) is 11.6 Å². The van der Waals surface area contributed by atoms with Crippen molar-refractivity contribution in [3.05, 3.63) is 71.3 Å². The molecule has 0 atom stereocenters. The highest BCUT2D eigenvalue weighted by atomic mass is 19.1. The summed E-state index contributed by atoms with van der Waals surface area (Å²) < 4.78 is 27.1. The molecular formula is C20H24F2N4O. The number of nitrogens with zero attached hydrogens (tertiary/aromatic N) is 2. The second-order valence-corrected chi connectivity index (χ2v) is 6.20. The molecule has 2 aromatic rings. The minimum atomic E-state index is -0.520. The molecule has 0 saturated heterocycles. The zero-order valence-electron chi connectivity index (χ0n) is 15.5. The summed E-state index contributed by atoms with van der Waals surface area (Å²) in [5, 5.41) is 6.04. The Hall–Kier alpha value is -2.96. The maximum Gasteiger partial charge on any atom is 0.241 e. The van der Waals surface area contributed by atoms with Gasteiger partial charge in [0.25, 0.3) is 0 Å². The van der Waals surface area contributed by atoms with Crippen molar-refractivity contribution in [1.82, 2.24) is 15.5 Å². The standard InChI is InChI=1S/C20H24F2N4O/c1-26(2)19(27)14-25-20(23-11-10-15-6-4-3-5-7-15)24-13-16-12-17(21)8-9-18(16)22/h3-9,12H,10-11,13-14H2,1-2H3,(H2,23,24,25). The van der Waals surface area contributed by atoms with Crippen molar-refractivity contribution in [2.75, 3.05) is 27.2 Å². The molecule has 0 bridgehead atoms.